The van der Waals surface area contributed by atoms with E-state index in [1.807, 2.05) is 7.05 Å². The highest BCUT2D eigenvalue weighted by molar-refractivity contribution is 6.76. The van der Waals surface area contributed by atoms with Crippen molar-refractivity contribution in [3.63, 3.8) is 0 Å². The number of carbonyl (C=O) groups is 1. The van der Waals surface area contributed by atoms with Crippen molar-refractivity contribution in [3.8, 4) is 17.1 Å². The van der Waals surface area contributed by atoms with Gasteiger partial charge in [-0.3, -0.25) is 9.78 Å². The summed E-state index contributed by atoms with van der Waals surface area (Å²) >= 11 is 0. The van der Waals surface area contributed by atoms with E-state index in [1.54, 1.807) is 12.1 Å². The number of carbonyl (C=O) groups excluding carboxylic acids is 1. The summed E-state index contributed by atoms with van der Waals surface area (Å²) in [5, 5.41) is 2.66. The number of hydrogen-bond donors (Lipinski definition) is 1. The number of ether oxygens (including phenoxy) is 1. The molecule has 3 heterocycles. The molecule has 41 heavy (non-hydrogen) atoms. The SMILES string of the molecule is CC1CN(c2ccc(-c3ncccc3F)cc2NC(=O)c2cnc(OCC[Si](C)(C)C)cc2C(F)(F)F)CCN1C. The van der Waals surface area contributed by atoms with E-state index in [-0.39, 0.29) is 29.9 Å². The molecule has 7 nitrogen and oxygen atoms in total. The van der Waals surface area contributed by atoms with Crippen LogP contribution in [0.2, 0.25) is 25.7 Å². The first-order chi connectivity index (χ1) is 19.2. The molecule has 0 bridgehead atoms. The average Bonchev–Trinajstić information content (AvgIpc) is 2.89. The molecule has 1 fully saturated rings. The molecule has 3 aromatic rings. The van der Waals surface area contributed by atoms with E-state index in [9.17, 15) is 22.4 Å². The summed E-state index contributed by atoms with van der Waals surface area (Å²) in [7, 11) is 0.548. The molecule has 1 saturated heterocycles. The first-order valence-corrected chi connectivity index (χ1v) is 17.1. The Kier molecular flexibility index (Phi) is 9.03. The van der Waals surface area contributed by atoms with Crippen LogP contribution in [0.4, 0.5) is 28.9 Å². The molecule has 4 rings (SSSR count). The van der Waals surface area contributed by atoms with Crippen molar-refractivity contribution in [1.82, 2.24) is 14.9 Å². The number of nitrogens with one attached hydrogen (secondary N) is 1. The topological polar surface area (TPSA) is 70.6 Å². The number of nitrogens with zero attached hydrogens (tertiary/aromatic N) is 4. The lowest BCUT2D eigenvalue weighted by molar-refractivity contribution is -0.138. The Labute approximate surface area is 238 Å². The van der Waals surface area contributed by atoms with Gasteiger partial charge in [0.05, 0.1) is 29.1 Å². The lowest BCUT2D eigenvalue weighted by Crippen LogP contribution is -2.50. The molecule has 2 aromatic heterocycles. The quantitative estimate of drug-likeness (QED) is 0.242. The highest BCUT2D eigenvalue weighted by Gasteiger charge is 2.37. The molecule has 0 radical (unpaired) electrons. The molecule has 1 aliphatic heterocycles. The number of alkyl halides is 3. The lowest BCUT2D eigenvalue weighted by Gasteiger charge is -2.39. The van der Waals surface area contributed by atoms with E-state index < -0.39 is 37.1 Å². The Morgan fingerprint density at radius 3 is 2.56 bits per heavy atom. The fourth-order valence-electron chi connectivity index (χ4n) is 4.51. The number of amides is 1. The summed E-state index contributed by atoms with van der Waals surface area (Å²) in [5.74, 6) is -1.73. The average molecular weight is 590 g/mol. The highest BCUT2D eigenvalue weighted by atomic mass is 28.3. The van der Waals surface area contributed by atoms with Crippen LogP contribution in [0, 0.1) is 5.82 Å². The summed E-state index contributed by atoms with van der Waals surface area (Å²) in [4.78, 5) is 25.8. The zero-order valence-corrected chi connectivity index (χ0v) is 24.8. The number of halogens is 4. The molecule has 0 spiro atoms. The first-order valence-electron chi connectivity index (χ1n) is 13.4. The zero-order valence-electron chi connectivity index (χ0n) is 23.8. The van der Waals surface area contributed by atoms with Crippen molar-refractivity contribution in [2.75, 3.05) is 43.5 Å². The van der Waals surface area contributed by atoms with Crippen LogP contribution in [0.25, 0.3) is 11.3 Å². The molecular weight excluding hydrogens is 554 g/mol. The molecule has 1 aliphatic rings. The van der Waals surface area contributed by atoms with E-state index in [0.29, 0.717) is 24.3 Å². The molecule has 1 N–H and O–H groups in total. The Balaban J connectivity index is 1.69. The third kappa shape index (κ3) is 7.62. The monoisotopic (exact) mass is 589 g/mol. The summed E-state index contributed by atoms with van der Waals surface area (Å²) < 4.78 is 62.4. The molecule has 220 valence electrons. The second kappa shape index (κ2) is 12.2. The maximum atomic E-state index is 14.6. The number of anilines is 2. The van der Waals surface area contributed by atoms with Crippen molar-refractivity contribution in [3.05, 3.63) is 65.7 Å². The van der Waals surface area contributed by atoms with Gasteiger partial charge in [-0.2, -0.15) is 13.2 Å². The van der Waals surface area contributed by atoms with Gasteiger partial charge in [0.2, 0.25) is 5.88 Å². The summed E-state index contributed by atoms with van der Waals surface area (Å²) in [5.41, 5.74) is -0.468. The van der Waals surface area contributed by atoms with Crippen molar-refractivity contribution in [1.29, 1.82) is 0 Å². The summed E-state index contributed by atoms with van der Waals surface area (Å²) in [6, 6.07) is 9.41. The van der Waals surface area contributed by atoms with Crippen LogP contribution in [0.1, 0.15) is 22.8 Å². The Bertz CT molecular complexity index is 1400. The second-order valence-corrected chi connectivity index (χ2v) is 17.1. The molecule has 1 atom stereocenters. The molecule has 1 aromatic carbocycles. The predicted octanol–water partition coefficient (Wildman–Crippen LogP) is 6.41. The fourth-order valence-corrected chi connectivity index (χ4v) is 5.22. The number of aromatic nitrogens is 2. The fraction of sp³-hybridized carbons (Fsp3) is 0.414. The second-order valence-electron chi connectivity index (χ2n) is 11.5. The van der Waals surface area contributed by atoms with Gasteiger partial charge < -0.3 is 19.9 Å². The number of hydrogen-bond acceptors (Lipinski definition) is 6. The van der Waals surface area contributed by atoms with E-state index in [4.69, 9.17) is 4.74 Å². The molecule has 1 amide bonds. The van der Waals surface area contributed by atoms with Gasteiger partial charge in [-0.05, 0) is 44.3 Å². The van der Waals surface area contributed by atoms with Crippen molar-refractivity contribution >= 4 is 25.4 Å². The number of piperazine rings is 1. The number of pyridine rings is 2. The van der Waals surface area contributed by atoms with Gasteiger partial charge in [-0.15, -0.1) is 0 Å². The van der Waals surface area contributed by atoms with Gasteiger partial charge in [0, 0.05) is 57.8 Å². The Morgan fingerprint density at radius 2 is 1.90 bits per heavy atom. The highest BCUT2D eigenvalue weighted by Crippen LogP contribution is 2.36. The van der Waals surface area contributed by atoms with Crippen LogP contribution in [0.15, 0.2) is 48.8 Å². The minimum Gasteiger partial charge on any atom is -0.478 e. The largest absolute Gasteiger partial charge is 0.478 e. The van der Waals surface area contributed by atoms with Gasteiger partial charge in [0.1, 0.15) is 11.5 Å². The van der Waals surface area contributed by atoms with Gasteiger partial charge in [0.15, 0.2) is 0 Å². The molecule has 12 heteroatoms. The van der Waals surface area contributed by atoms with Crippen LogP contribution < -0.4 is 15.0 Å². The summed E-state index contributed by atoms with van der Waals surface area (Å²) in [6.07, 6.45) is -2.48. The minimum atomic E-state index is -4.82. The van der Waals surface area contributed by atoms with Crippen molar-refractivity contribution in [2.24, 2.45) is 0 Å². The van der Waals surface area contributed by atoms with Crippen molar-refractivity contribution < 1.29 is 27.1 Å². The van der Waals surface area contributed by atoms with Gasteiger partial charge in [-0.25, -0.2) is 9.37 Å². The normalized spacial score (nSPS) is 16.5. The van der Waals surface area contributed by atoms with E-state index in [0.717, 1.165) is 24.9 Å². The van der Waals surface area contributed by atoms with Crippen molar-refractivity contribution in [2.45, 2.75) is 44.8 Å². The Hall–Kier alpha value is -3.51. The van der Waals surface area contributed by atoms with Crippen LogP contribution in [-0.4, -0.2) is 68.2 Å². The minimum absolute atomic E-state index is 0.0683. The zero-order chi connectivity index (χ0) is 29.9. The smallest absolute Gasteiger partial charge is 0.417 e. The van der Waals surface area contributed by atoms with E-state index in [2.05, 4.69) is 51.6 Å². The lowest BCUT2D eigenvalue weighted by atomic mass is 10.1. The maximum absolute atomic E-state index is 14.6. The predicted molar refractivity (Wildman–Crippen MR) is 155 cm³/mol. The third-order valence-corrected chi connectivity index (χ3v) is 8.81. The Morgan fingerprint density at radius 1 is 1.15 bits per heavy atom. The summed E-state index contributed by atoms with van der Waals surface area (Å²) in [6.45, 7) is 10.7. The first kappa shape index (κ1) is 30.4. The number of likely N-dealkylation sites (N-methyl/N-ethyl adjacent to an activating group) is 1. The molecular formula is C29H35F4N5O2Si. The van der Waals surface area contributed by atoms with Gasteiger partial charge in [0.25, 0.3) is 5.91 Å². The standard InChI is InChI=1S/C29H35F4N5O2Si/c1-19-18-38(12-11-37(19)2)25-9-8-20(27-23(30)7-6-10-34-27)15-24(25)36-28(39)21-17-35-26(16-22(21)29(31,32)33)40-13-14-41(3,4)5/h6-10,15-17,19H,11-14,18H2,1-5H3,(H,36,39). The van der Waals surface area contributed by atoms with Gasteiger partial charge >= 0.3 is 6.18 Å². The molecule has 0 aliphatic carbocycles. The third-order valence-electron chi connectivity index (χ3n) is 7.11. The van der Waals surface area contributed by atoms with Crippen LogP contribution in [0.5, 0.6) is 5.88 Å². The van der Waals surface area contributed by atoms with Crippen LogP contribution in [-0.2, 0) is 6.18 Å². The maximum Gasteiger partial charge on any atom is 0.417 e. The van der Waals surface area contributed by atoms with E-state index in [1.165, 1.54) is 24.4 Å². The van der Waals surface area contributed by atoms with E-state index >= 15 is 0 Å². The molecule has 0 saturated carbocycles. The number of benzene rings is 1. The number of rotatable bonds is 8. The van der Waals surface area contributed by atoms with Crippen LogP contribution in [0.3, 0.4) is 0 Å². The van der Waals surface area contributed by atoms with Crippen LogP contribution >= 0.6 is 0 Å². The molecule has 1 unspecified atom stereocenters. The van der Waals surface area contributed by atoms with Gasteiger partial charge in [-0.1, -0.05) is 25.7 Å².